The summed E-state index contributed by atoms with van der Waals surface area (Å²) in [6, 6.07) is 8.48. The molecule has 0 bridgehead atoms. The summed E-state index contributed by atoms with van der Waals surface area (Å²) in [6.07, 6.45) is 0. The van der Waals surface area contributed by atoms with E-state index in [0.29, 0.717) is 17.2 Å². The maximum Gasteiger partial charge on any atom is 0.262 e. The van der Waals surface area contributed by atoms with Crippen LogP contribution in [0.5, 0.6) is 0 Å². The molecule has 0 unspecified atom stereocenters. The minimum atomic E-state index is -3.63. The first kappa shape index (κ1) is 15.0. The van der Waals surface area contributed by atoms with Crippen LogP contribution >= 0.6 is 11.3 Å². The number of nitrogens with one attached hydrogen (secondary N) is 1. The van der Waals surface area contributed by atoms with Crippen LogP contribution in [-0.2, 0) is 28.0 Å². The van der Waals surface area contributed by atoms with Gasteiger partial charge in [-0.15, -0.1) is 11.3 Å². The van der Waals surface area contributed by atoms with Gasteiger partial charge < -0.3 is 9.84 Å². The van der Waals surface area contributed by atoms with E-state index in [2.05, 4.69) is 4.72 Å². The average molecular weight is 313 g/mol. The average Bonchev–Trinajstić information content (AvgIpc) is 2.88. The Labute approximate surface area is 121 Å². The Morgan fingerprint density at radius 1 is 1.35 bits per heavy atom. The fourth-order valence-corrected chi connectivity index (χ4v) is 3.87. The van der Waals surface area contributed by atoms with E-state index in [0.717, 1.165) is 5.56 Å². The number of ether oxygens (including phenoxy) is 1. The van der Waals surface area contributed by atoms with Crippen molar-refractivity contribution in [3.63, 3.8) is 0 Å². The van der Waals surface area contributed by atoms with Gasteiger partial charge in [0.1, 0.15) is 0 Å². The third-order valence-corrected chi connectivity index (χ3v) is 5.02. The van der Waals surface area contributed by atoms with Crippen LogP contribution in [0.1, 0.15) is 10.4 Å². The van der Waals surface area contributed by atoms with Crippen LogP contribution in [0, 0.1) is 0 Å². The molecule has 0 amide bonds. The van der Waals surface area contributed by atoms with E-state index < -0.39 is 10.0 Å². The lowest BCUT2D eigenvalue weighted by molar-refractivity contribution is 0.185. The maximum absolute atomic E-state index is 12.2. The topological polar surface area (TPSA) is 75.6 Å². The molecule has 2 rings (SSSR count). The number of thiophene rings is 1. The molecule has 0 atom stereocenters. The monoisotopic (exact) mass is 313 g/mol. The van der Waals surface area contributed by atoms with Gasteiger partial charge in [-0.05, 0) is 23.8 Å². The van der Waals surface area contributed by atoms with E-state index in [1.165, 1.54) is 22.8 Å². The molecule has 0 spiro atoms. The molecule has 2 N–H and O–H groups in total. The van der Waals surface area contributed by atoms with Crippen LogP contribution in [0.25, 0.3) is 0 Å². The second kappa shape index (κ2) is 6.36. The second-order valence-corrected chi connectivity index (χ2v) is 6.82. The smallest absolute Gasteiger partial charge is 0.262 e. The number of hydrogen-bond donors (Lipinski definition) is 2. The van der Waals surface area contributed by atoms with Crippen molar-refractivity contribution in [1.29, 1.82) is 0 Å². The molecule has 0 fully saturated rings. The predicted molar refractivity (Wildman–Crippen MR) is 78.2 cm³/mol. The van der Waals surface area contributed by atoms with Crippen molar-refractivity contribution in [3.8, 4) is 0 Å². The predicted octanol–water partition coefficient (Wildman–Crippen LogP) is 2.19. The van der Waals surface area contributed by atoms with Crippen molar-refractivity contribution in [1.82, 2.24) is 0 Å². The Balaban J connectivity index is 2.21. The van der Waals surface area contributed by atoms with Crippen molar-refractivity contribution in [3.05, 3.63) is 46.2 Å². The van der Waals surface area contributed by atoms with Gasteiger partial charge in [0, 0.05) is 23.1 Å². The number of aliphatic hydroxyl groups excluding tert-OH is 1. The number of hydrogen-bond acceptors (Lipinski definition) is 5. The van der Waals surface area contributed by atoms with Gasteiger partial charge in [0.15, 0.2) is 0 Å². The fraction of sp³-hybridized carbons (Fsp3) is 0.231. The Morgan fingerprint density at radius 3 is 2.80 bits per heavy atom. The SMILES string of the molecule is COCc1cccc(NS(=O)(=O)c2csc(CO)c2)c1. The highest BCUT2D eigenvalue weighted by atomic mass is 32.2. The molecule has 108 valence electrons. The largest absolute Gasteiger partial charge is 0.391 e. The summed E-state index contributed by atoms with van der Waals surface area (Å²) in [5, 5.41) is 10.5. The first-order chi connectivity index (χ1) is 9.55. The highest BCUT2D eigenvalue weighted by Gasteiger charge is 2.16. The van der Waals surface area contributed by atoms with Crippen LogP contribution in [0.15, 0.2) is 40.6 Å². The quantitative estimate of drug-likeness (QED) is 0.857. The molecule has 1 heterocycles. The van der Waals surface area contributed by atoms with Gasteiger partial charge >= 0.3 is 0 Å². The number of benzene rings is 1. The van der Waals surface area contributed by atoms with Crippen LogP contribution in [0.2, 0.25) is 0 Å². The summed E-state index contributed by atoms with van der Waals surface area (Å²) in [4.78, 5) is 0.766. The van der Waals surface area contributed by atoms with Crippen LogP contribution in [0.4, 0.5) is 5.69 Å². The summed E-state index contributed by atoms with van der Waals surface area (Å²) >= 11 is 1.21. The van der Waals surface area contributed by atoms with E-state index in [1.54, 1.807) is 25.3 Å². The van der Waals surface area contributed by atoms with Crippen LogP contribution in [-0.4, -0.2) is 20.6 Å². The van der Waals surface area contributed by atoms with Crippen LogP contribution < -0.4 is 4.72 Å². The minimum absolute atomic E-state index is 0.156. The van der Waals surface area contributed by atoms with E-state index >= 15 is 0 Å². The van der Waals surface area contributed by atoms with Gasteiger partial charge in [-0.2, -0.15) is 0 Å². The van der Waals surface area contributed by atoms with Crippen molar-refractivity contribution >= 4 is 27.0 Å². The molecule has 2 aromatic rings. The molecular weight excluding hydrogens is 298 g/mol. The molecule has 5 nitrogen and oxygen atoms in total. The number of methoxy groups -OCH3 is 1. The van der Waals surface area contributed by atoms with Gasteiger partial charge in [0.2, 0.25) is 0 Å². The molecule has 1 aromatic carbocycles. The van der Waals surface area contributed by atoms with Crippen molar-refractivity contribution in [2.75, 3.05) is 11.8 Å². The summed E-state index contributed by atoms with van der Waals surface area (Å²) in [6.45, 7) is 0.256. The van der Waals surface area contributed by atoms with E-state index in [4.69, 9.17) is 9.84 Å². The number of anilines is 1. The third kappa shape index (κ3) is 3.57. The third-order valence-electron chi connectivity index (χ3n) is 2.59. The molecule has 0 aliphatic rings. The highest BCUT2D eigenvalue weighted by molar-refractivity contribution is 7.92. The lowest BCUT2D eigenvalue weighted by Crippen LogP contribution is -2.12. The summed E-state index contributed by atoms with van der Waals surface area (Å²) in [5.41, 5.74) is 1.37. The molecule has 0 radical (unpaired) electrons. The second-order valence-electron chi connectivity index (χ2n) is 4.15. The summed E-state index contributed by atoms with van der Waals surface area (Å²) < 4.78 is 31.9. The van der Waals surface area contributed by atoms with Crippen molar-refractivity contribution in [2.24, 2.45) is 0 Å². The number of sulfonamides is 1. The lowest BCUT2D eigenvalue weighted by Gasteiger charge is -2.08. The molecule has 0 aliphatic heterocycles. The lowest BCUT2D eigenvalue weighted by atomic mass is 10.2. The molecule has 0 saturated carbocycles. The van der Waals surface area contributed by atoms with E-state index in [1.807, 2.05) is 6.07 Å². The molecule has 0 aliphatic carbocycles. The summed E-state index contributed by atoms with van der Waals surface area (Å²) in [5.74, 6) is 0. The van der Waals surface area contributed by atoms with Crippen LogP contribution in [0.3, 0.4) is 0 Å². The maximum atomic E-state index is 12.2. The van der Waals surface area contributed by atoms with Crippen molar-refractivity contribution in [2.45, 2.75) is 18.1 Å². The Kier molecular flexibility index (Phi) is 4.77. The number of aliphatic hydroxyl groups is 1. The zero-order valence-electron chi connectivity index (χ0n) is 10.9. The first-order valence-corrected chi connectivity index (χ1v) is 8.20. The number of rotatable bonds is 6. The summed E-state index contributed by atoms with van der Waals surface area (Å²) in [7, 11) is -2.04. The van der Waals surface area contributed by atoms with Gasteiger partial charge in [0.25, 0.3) is 10.0 Å². The fourth-order valence-electron chi connectivity index (χ4n) is 1.69. The standard InChI is InChI=1S/C13H15NO4S2/c1-18-8-10-3-2-4-11(5-10)14-20(16,17)13-6-12(7-15)19-9-13/h2-6,9,14-15H,7-8H2,1H3. The molecular formula is C13H15NO4S2. The van der Waals surface area contributed by atoms with Gasteiger partial charge in [-0.25, -0.2) is 8.42 Å². The van der Waals surface area contributed by atoms with E-state index in [-0.39, 0.29) is 11.5 Å². The zero-order chi connectivity index (χ0) is 14.6. The minimum Gasteiger partial charge on any atom is -0.391 e. The van der Waals surface area contributed by atoms with Gasteiger partial charge in [-0.1, -0.05) is 12.1 Å². The van der Waals surface area contributed by atoms with Crippen molar-refractivity contribution < 1.29 is 18.3 Å². The van der Waals surface area contributed by atoms with Gasteiger partial charge in [-0.3, -0.25) is 4.72 Å². The molecule has 0 saturated heterocycles. The first-order valence-electron chi connectivity index (χ1n) is 5.84. The zero-order valence-corrected chi connectivity index (χ0v) is 12.5. The Bertz CT molecular complexity index is 679. The molecule has 20 heavy (non-hydrogen) atoms. The molecule has 1 aromatic heterocycles. The normalized spacial score (nSPS) is 11.5. The highest BCUT2D eigenvalue weighted by Crippen LogP contribution is 2.22. The molecule has 7 heteroatoms. The van der Waals surface area contributed by atoms with E-state index in [9.17, 15) is 8.42 Å². The Morgan fingerprint density at radius 2 is 2.15 bits per heavy atom. The van der Waals surface area contributed by atoms with Gasteiger partial charge in [0.05, 0.1) is 18.1 Å². The Hall–Kier alpha value is -1.41.